The molecule has 1 saturated heterocycles. The number of aliphatic hydroxyl groups excluding tert-OH is 1. The van der Waals surface area contributed by atoms with Gasteiger partial charge < -0.3 is 15.7 Å². The van der Waals surface area contributed by atoms with Crippen molar-refractivity contribution in [3.63, 3.8) is 0 Å². The van der Waals surface area contributed by atoms with E-state index in [9.17, 15) is 4.79 Å². The smallest absolute Gasteiger partial charge is 0.226 e. The highest BCUT2D eigenvalue weighted by Crippen LogP contribution is 2.20. The predicted octanol–water partition coefficient (Wildman–Crippen LogP) is 1.43. The van der Waals surface area contributed by atoms with Crippen LogP contribution in [0.5, 0.6) is 0 Å². The first-order chi connectivity index (χ1) is 9.19. The van der Waals surface area contributed by atoms with Gasteiger partial charge in [-0.3, -0.25) is 4.79 Å². The van der Waals surface area contributed by atoms with Crippen molar-refractivity contribution in [3.05, 3.63) is 29.8 Å². The van der Waals surface area contributed by atoms with Gasteiger partial charge in [-0.1, -0.05) is 12.1 Å². The number of anilines is 1. The molecule has 19 heavy (non-hydrogen) atoms. The summed E-state index contributed by atoms with van der Waals surface area (Å²) in [4.78, 5) is 14.2. The van der Waals surface area contributed by atoms with Crippen LogP contribution >= 0.6 is 0 Å². The second-order valence-corrected chi connectivity index (χ2v) is 5.28. The van der Waals surface area contributed by atoms with Gasteiger partial charge >= 0.3 is 0 Å². The number of benzene rings is 1. The number of likely N-dealkylation sites (tertiary alicyclic amines) is 1. The Morgan fingerprint density at radius 3 is 2.79 bits per heavy atom. The van der Waals surface area contributed by atoms with Gasteiger partial charge in [0, 0.05) is 25.4 Å². The van der Waals surface area contributed by atoms with Crippen LogP contribution in [0.2, 0.25) is 0 Å². The van der Waals surface area contributed by atoms with Crippen LogP contribution in [0.15, 0.2) is 24.3 Å². The zero-order chi connectivity index (χ0) is 13.7. The minimum atomic E-state index is 0.174. The summed E-state index contributed by atoms with van der Waals surface area (Å²) in [6.07, 6.45) is 3.39. The number of aliphatic hydroxyl groups is 1. The van der Waals surface area contributed by atoms with Crippen LogP contribution < -0.4 is 5.73 Å². The van der Waals surface area contributed by atoms with Crippen LogP contribution in [0.25, 0.3) is 0 Å². The molecule has 1 amide bonds. The first-order valence-corrected chi connectivity index (χ1v) is 6.92. The lowest BCUT2D eigenvalue weighted by Gasteiger charge is -2.32. The molecule has 3 N–H and O–H groups in total. The molecular weight excluding hydrogens is 240 g/mol. The monoisotopic (exact) mass is 262 g/mol. The van der Waals surface area contributed by atoms with E-state index in [1.165, 1.54) is 0 Å². The van der Waals surface area contributed by atoms with Crippen LogP contribution in [-0.4, -0.2) is 35.6 Å². The van der Waals surface area contributed by atoms with Crippen LogP contribution in [0, 0.1) is 5.92 Å². The second kappa shape index (κ2) is 6.57. The Balaban J connectivity index is 1.90. The van der Waals surface area contributed by atoms with E-state index < -0.39 is 0 Å². The maximum atomic E-state index is 12.2. The molecule has 1 unspecified atom stereocenters. The largest absolute Gasteiger partial charge is 0.399 e. The third-order valence-corrected chi connectivity index (χ3v) is 3.74. The van der Waals surface area contributed by atoms with Gasteiger partial charge in [0.1, 0.15) is 0 Å². The summed E-state index contributed by atoms with van der Waals surface area (Å²) in [6.45, 7) is 1.84. The predicted molar refractivity (Wildman–Crippen MR) is 75.6 cm³/mol. The van der Waals surface area contributed by atoms with Gasteiger partial charge in [0.05, 0.1) is 6.42 Å². The third kappa shape index (κ3) is 3.96. The topological polar surface area (TPSA) is 66.6 Å². The molecule has 1 aromatic carbocycles. The number of nitrogen functional groups attached to an aromatic ring is 1. The summed E-state index contributed by atoms with van der Waals surface area (Å²) in [7, 11) is 0. The third-order valence-electron chi connectivity index (χ3n) is 3.74. The lowest BCUT2D eigenvalue weighted by Crippen LogP contribution is -2.40. The molecule has 4 nitrogen and oxygen atoms in total. The highest BCUT2D eigenvalue weighted by atomic mass is 16.3. The van der Waals surface area contributed by atoms with Crippen molar-refractivity contribution in [2.75, 3.05) is 25.4 Å². The molecule has 0 aliphatic carbocycles. The second-order valence-electron chi connectivity index (χ2n) is 5.28. The number of piperidine rings is 1. The zero-order valence-electron chi connectivity index (χ0n) is 11.2. The number of hydrogen-bond acceptors (Lipinski definition) is 3. The molecule has 2 rings (SSSR count). The van der Waals surface area contributed by atoms with Gasteiger partial charge in [-0.25, -0.2) is 0 Å². The van der Waals surface area contributed by atoms with E-state index in [-0.39, 0.29) is 12.5 Å². The van der Waals surface area contributed by atoms with Crippen LogP contribution in [0.3, 0.4) is 0 Å². The number of nitrogens with zero attached hydrogens (tertiary/aromatic N) is 1. The summed E-state index contributed by atoms with van der Waals surface area (Å²) in [5.41, 5.74) is 7.36. The van der Waals surface area contributed by atoms with Crippen molar-refractivity contribution in [2.45, 2.75) is 25.7 Å². The van der Waals surface area contributed by atoms with E-state index in [2.05, 4.69) is 0 Å². The molecule has 0 aromatic heterocycles. The van der Waals surface area contributed by atoms with E-state index >= 15 is 0 Å². The SMILES string of the molecule is Nc1ccc(CC(=O)N2CCCC(CCO)C2)cc1. The van der Waals surface area contributed by atoms with Crippen molar-refractivity contribution in [2.24, 2.45) is 5.92 Å². The van der Waals surface area contributed by atoms with Crippen molar-refractivity contribution in [1.29, 1.82) is 0 Å². The molecular formula is C15H22N2O2. The average Bonchev–Trinajstić information content (AvgIpc) is 2.42. The van der Waals surface area contributed by atoms with Gasteiger partial charge in [-0.15, -0.1) is 0 Å². The molecule has 1 fully saturated rings. The lowest BCUT2D eigenvalue weighted by atomic mass is 9.94. The minimum absolute atomic E-state index is 0.174. The molecule has 0 radical (unpaired) electrons. The average molecular weight is 262 g/mol. The summed E-state index contributed by atoms with van der Waals surface area (Å²) in [6, 6.07) is 7.46. The van der Waals surface area contributed by atoms with Crippen LogP contribution in [0.4, 0.5) is 5.69 Å². The number of hydrogen-bond donors (Lipinski definition) is 2. The Kier molecular flexibility index (Phi) is 4.80. The molecule has 1 aromatic rings. The number of nitrogens with two attached hydrogens (primary N) is 1. The lowest BCUT2D eigenvalue weighted by molar-refractivity contribution is -0.132. The standard InChI is InChI=1S/C15H22N2O2/c16-14-5-3-12(4-6-14)10-15(19)17-8-1-2-13(11-17)7-9-18/h3-6,13,18H,1-2,7-11,16H2. The van der Waals surface area contributed by atoms with Gasteiger partial charge in [0.25, 0.3) is 0 Å². The molecule has 0 saturated carbocycles. The molecule has 0 bridgehead atoms. The van der Waals surface area contributed by atoms with Gasteiger partial charge in [-0.2, -0.15) is 0 Å². The summed E-state index contributed by atoms with van der Waals surface area (Å²) in [5.74, 6) is 0.626. The maximum Gasteiger partial charge on any atom is 0.226 e. The fraction of sp³-hybridized carbons (Fsp3) is 0.533. The number of carbonyl (C=O) groups is 1. The molecule has 4 heteroatoms. The van der Waals surface area contributed by atoms with Crippen molar-refractivity contribution in [1.82, 2.24) is 4.90 Å². The highest BCUT2D eigenvalue weighted by Gasteiger charge is 2.23. The zero-order valence-corrected chi connectivity index (χ0v) is 11.2. The number of rotatable bonds is 4. The fourth-order valence-corrected chi connectivity index (χ4v) is 2.63. The molecule has 1 atom stereocenters. The van der Waals surface area contributed by atoms with E-state index in [1.807, 2.05) is 29.2 Å². The Bertz CT molecular complexity index is 415. The van der Waals surface area contributed by atoms with E-state index in [1.54, 1.807) is 0 Å². The van der Waals surface area contributed by atoms with Crippen molar-refractivity contribution in [3.8, 4) is 0 Å². The van der Waals surface area contributed by atoms with E-state index in [4.69, 9.17) is 10.8 Å². The summed E-state index contributed by atoms with van der Waals surface area (Å²) in [5, 5.41) is 8.99. The Morgan fingerprint density at radius 2 is 2.11 bits per heavy atom. The summed E-state index contributed by atoms with van der Waals surface area (Å²) >= 11 is 0. The summed E-state index contributed by atoms with van der Waals surface area (Å²) < 4.78 is 0. The van der Waals surface area contributed by atoms with E-state index in [0.29, 0.717) is 12.3 Å². The van der Waals surface area contributed by atoms with Crippen LogP contribution in [-0.2, 0) is 11.2 Å². The molecule has 1 aliphatic rings. The normalized spacial score (nSPS) is 19.4. The van der Waals surface area contributed by atoms with Gasteiger partial charge in [0.15, 0.2) is 0 Å². The number of amides is 1. The molecule has 0 spiro atoms. The maximum absolute atomic E-state index is 12.2. The van der Waals surface area contributed by atoms with Crippen molar-refractivity contribution < 1.29 is 9.90 Å². The first kappa shape index (κ1) is 13.9. The Labute approximate surface area is 114 Å². The van der Waals surface area contributed by atoms with Crippen LogP contribution in [0.1, 0.15) is 24.8 Å². The number of carbonyl (C=O) groups excluding carboxylic acids is 1. The van der Waals surface area contributed by atoms with Crippen molar-refractivity contribution >= 4 is 11.6 Å². The Morgan fingerprint density at radius 1 is 1.37 bits per heavy atom. The Hall–Kier alpha value is -1.55. The first-order valence-electron chi connectivity index (χ1n) is 6.92. The van der Waals surface area contributed by atoms with Gasteiger partial charge in [0.2, 0.25) is 5.91 Å². The molecule has 1 aliphatic heterocycles. The molecule has 1 heterocycles. The highest BCUT2D eigenvalue weighted by molar-refractivity contribution is 5.79. The quantitative estimate of drug-likeness (QED) is 0.807. The van der Waals surface area contributed by atoms with Gasteiger partial charge in [-0.05, 0) is 42.9 Å². The fourth-order valence-electron chi connectivity index (χ4n) is 2.63. The minimum Gasteiger partial charge on any atom is -0.399 e. The van der Waals surface area contributed by atoms with E-state index in [0.717, 1.165) is 43.6 Å². The molecule has 104 valence electrons.